The first-order valence-corrected chi connectivity index (χ1v) is 9.85. The molecule has 0 aromatic heterocycles. The molecule has 0 amide bonds. The Hall–Kier alpha value is 0.500. The quantitative estimate of drug-likeness (QED) is 0.361. The summed E-state index contributed by atoms with van der Waals surface area (Å²) in [6.07, 6.45) is 7.50. The maximum Gasteiger partial charge on any atom is 0.389 e. The highest BCUT2D eigenvalue weighted by atomic mass is 32.7. The van der Waals surface area contributed by atoms with Crippen LogP contribution in [-0.4, -0.2) is 19.0 Å². The molecule has 0 heterocycles. The highest BCUT2D eigenvalue weighted by Gasteiger charge is 2.23. The Morgan fingerprint density at radius 2 is 1.41 bits per heavy atom. The second kappa shape index (κ2) is 11.6. The summed E-state index contributed by atoms with van der Waals surface area (Å²) in [6, 6.07) is 0. The van der Waals surface area contributed by atoms with E-state index in [-0.39, 0.29) is 0 Å². The van der Waals surface area contributed by atoms with Crippen molar-refractivity contribution in [1.29, 1.82) is 0 Å². The Kier molecular flexibility index (Phi) is 11.9. The summed E-state index contributed by atoms with van der Waals surface area (Å²) in [4.78, 5) is 0. The van der Waals surface area contributed by atoms with Crippen LogP contribution < -0.4 is 0 Å². The van der Waals surface area contributed by atoms with Gasteiger partial charge in [0.15, 0.2) is 0 Å². The molecule has 0 saturated carbocycles. The maximum atomic E-state index is 12.1. The maximum absolute atomic E-state index is 12.1. The molecule has 0 bridgehead atoms. The van der Waals surface area contributed by atoms with Gasteiger partial charge in [0.05, 0.1) is 13.2 Å². The Bertz CT molecular complexity index is 202. The Balaban J connectivity index is 3.58. The normalized spacial score (nSPS) is 11.9. The van der Waals surface area contributed by atoms with Crippen molar-refractivity contribution >= 4 is 18.2 Å². The topological polar surface area (TPSA) is 35.5 Å². The van der Waals surface area contributed by atoms with Crippen LogP contribution in [-0.2, 0) is 13.6 Å². The van der Waals surface area contributed by atoms with Crippen molar-refractivity contribution in [3.05, 3.63) is 0 Å². The van der Waals surface area contributed by atoms with Crippen LogP contribution in [0.15, 0.2) is 0 Å². The fraction of sp³-hybridized carbons (Fsp3) is 1.00. The van der Waals surface area contributed by atoms with E-state index < -0.39 is 6.80 Å². The molecule has 0 saturated heterocycles. The first-order chi connectivity index (χ1) is 8.18. The Labute approximate surface area is 110 Å². The SMILES string of the molecule is CCCCCCCCSP(=O)(OCC)OCC. The molecule has 0 aliphatic carbocycles. The molecule has 104 valence electrons. The molecule has 17 heavy (non-hydrogen) atoms. The van der Waals surface area contributed by atoms with E-state index in [1.165, 1.54) is 43.5 Å². The van der Waals surface area contributed by atoms with Crippen molar-refractivity contribution in [2.75, 3.05) is 19.0 Å². The van der Waals surface area contributed by atoms with Gasteiger partial charge >= 0.3 is 6.80 Å². The molecule has 0 radical (unpaired) electrons. The molecular weight excluding hydrogens is 255 g/mol. The molecule has 0 rings (SSSR count). The standard InChI is InChI=1S/C12H27O3PS/c1-4-7-8-9-10-11-12-17-16(13,14-5-2)15-6-3/h4-12H2,1-3H3. The molecule has 0 spiro atoms. The molecule has 0 atom stereocenters. The van der Waals surface area contributed by atoms with Gasteiger partial charge in [-0.25, -0.2) is 4.57 Å². The van der Waals surface area contributed by atoms with Gasteiger partial charge in [0.2, 0.25) is 0 Å². The summed E-state index contributed by atoms with van der Waals surface area (Å²) in [6.45, 7) is 3.93. The average Bonchev–Trinajstić information content (AvgIpc) is 2.28. The van der Waals surface area contributed by atoms with Crippen LogP contribution in [0.2, 0.25) is 0 Å². The summed E-state index contributed by atoms with van der Waals surface area (Å²) < 4.78 is 22.5. The minimum Gasteiger partial charge on any atom is -0.301 e. The summed E-state index contributed by atoms with van der Waals surface area (Å²) in [5.74, 6) is 0.864. The molecule has 0 fully saturated rings. The third kappa shape index (κ3) is 10.1. The van der Waals surface area contributed by atoms with Gasteiger partial charge in [-0.3, -0.25) is 0 Å². The predicted octanol–water partition coefficient (Wildman–Crippen LogP) is 5.26. The van der Waals surface area contributed by atoms with Crippen molar-refractivity contribution in [2.24, 2.45) is 0 Å². The zero-order valence-corrected chi connectivity index (χ0v) is 13.2. The highest BCUT2D eigenvalue weighted by molar-refractivity contribution is 8.55. The van der Waals surface area contributed by atoms with E-state index in [0.717, 1.165) is 12.2 Å². The molecule has 0 aromatic carbocycles. The smallest absolute Gasteiger partial charge is 0.301 e. The predicted molar refractivity (Wildman–Crippen MR) is 76.7 cm³/mol. The Morgan fingerprint density at radius 3 is 1.94 bits per heavy atom. The lowest BCUT2D eigenvalue weighted by Crippen LogP contribution is -1.93. The summed E-state index contributed by atoms with van der Waals surface area (Å²) in [7, 11) is 0. The lowest BCUT2D eigenvalue weighted by molar-refractivity contribution is 0.237. The van der Waals surface area contributed by atoms with Gasteiger partial charge in [0.1, 0.15) is 0 Å². The monoisotopic (exact) mass is 282 g/mol. The molecular formula is C12H27O3PS. The summed E-state index contributed by atoms with van der Waals surface area (Å²) in [5.41, 5.74) is 0. The first kappa shape index (κ1) is 17.5. The zero-order valence-electron chi connectivity index (χ0n) is 11.4. The van der Waals surface area contributed by atoms with Crippen LogP contribution >= 0.6 is 18.2 Å². The van der Waals surface area contributed by atoms with Crippen LogP contribution in [0.25, 0.3) is 0 Å². The number of rotatable bonds is 12. The fourth-order valence-electron chi connectivity index (χ4n) is 1.49. The Morgan fingerprint density at radius 1 is 0.882 bits per heavy atom. The molecule has 5 heteroatoms. The van der Waals surface area contributed by atoms with E-state index in [4.69, 9.17) is 9.05 Å². The molecule has 0 aliphatic rings. The molecule has 0 N–H and O–H groups in total. The lowest BCUT2D eigenvalue weighted by atomic mass is 10.1. The fourth-order valence-corrected chi connectivity index (χ4v) is 5.04. The summed E-state index contributed by atoms with van der Waals surface area (Å²) in [5, 5.41) is 0. The summed E-state index contributed by atoms with van der Waals surface area (Å²) >= 11 is 1.35. The van der Waals surface area contributed by atoms with Gasteiger partial charge in [0, 0.05) is 5.75 Å². The van der Waals surface area contributed by atoms with E-state index in [0.29, 0.717) is 13.2 Å². The molecule has 0 unspecified atom stereocenters. The molecule has 0 aromatic rings. The van der Waals surface area contributed by atoms with E-state index in [1.54, 1.807) is 0 Å². The third-order valence-corrected chi connectivity index (χ3v) is 6.39. The zero-order chi connectivity index (χ0) is 13.0. The van der Waals surface area contributed by atoms with Gasteiger partial charge in [-0.1, -0.05) is 39.0 Å². The minimum absolute atomic E-state index is 0.445. The van der Waals surface area contributed by atoms with Crippen LogP contribution in [0, 0.1) is 0 Å². The van der Waals surface area contributed by atoms with Gasteiger partial charge in [0.25, 0.3) is 0 Å². The van der Waals surface area contributed by atoms with Crippen molar-refractivity contribution in [3.8, 4) is 0 Å². The van der Waals surface area contributed by atoms with Gasteiger partial charge < -0.3 is 9.05 Å². The van der Waals surface area contributed by atoms with Crippen LogP contribution in [0.3, 0.4) is 0 Å². The van der Waals surface area contributed by atoms with Crippen molar-refractivity contribution < 1.29 is 13.6 Å². The largest absolute Gasteiger partial charge is 0.389 e. The van der Waals surface area contributed by atoms with Gasteiger partial charge in [-0.2, -0.15) is 0 Å². The molecule has 3 nitrogen and oxygen atoms in total. The first-order valence-electron chi connectivity index (χ1n) is 6.72. The van der Waals surface area contributed by atoms with Crippen molar-refractivity contribution in [3.63, 3.8) is 0 Å². The highest BCUT2D eigenvalue weighted by Crippen LogP contribution is 2.60. The lowest BCUT2D eigenvalue weighted by Gasteiger charge is -2.15. The molecule has 0 aliphatic heterocycles. The van der Waals surface area contributed by atoms with E-state index in [9.17, 15) is 4.57 Å². The van der Waals surface area contributed by atoms with E-state index in [2.05, 4.69) is 6.92 Å². The van der Waals surface area contributed by atoms with Crippen LogP contribution in [0.4, 0.5) is 0 Å². The minimum atomic E-state index is -2.86. The average molecular weight is 282 g/mol. The van der Waals surface area contributed by atoms with Crippen molar-refractivity contribution in [1.82, 2.24) is 0 Å². The number of hydrogen-bond donors (Lipinski definition) is 0. The number of hydrogen-bond acceptors (Lipinski definition) is 4. The second-order valence-electron chi connectivity index (χ2n) is 3.88. The van der Waals surface area contributed by atoms with Crippen LogP contribution in [0.5, 0.6) is 0 Å². The number of unbranched alkanes of at least 4 members (excludes halogenated alkanes) is 5. The second-order valence-corrected chi connectivity index (χ2v) is 8.08. The van der Waals surface area contributed by atoms with Gasteiger partial charge in [-0.05, 0) is 31.7 Å². The van der Waals surface area contributed by atoms with E-state index >= 15 is 0 Å². The van der Waals surface area contributed by atoms with Crippen molar-refractivity contribution in [2.45, 2.75) is 59.3 Å². The van der Waals surface area contributed by atoms with Crippen LogP contribution in [0.1, 0.15) is 59.3 Å². The van der Waals surface area contributed by atoms with Gasteiger partial charge in [-0.15, -0.1) is 0 Å². The van der Waals surface area contributed by atoms with E-state index in [1.807, 2.05) is 13.8 Å². The third-order valence-electron chi connectivity index (χ3n) is 2.32.